The Hall–Kier alpha value is -1.44. The number of rotatable bonds is 4. The minimum Gasteiger partial charge on any atom is -0.491 e. The standard InChI is InChI=1S/C10H12F3NO3S/c1-18(15,16)7-2-3-9(8(14)6-7)17-5-4-10(11,12)13/h2-3,6H,4-5,14H2,1H3. The normalized spacial score (nSPS) is 12.4. The van der Waals surface area contributed by atoms with E-state index in [9.17, 15) is 21.6 Å². The fraction of sp³-hybridized carbons (Fsp3) is 0.400. The first-order valence-electron chi connectivity index (χ1n) is 4.89. The summed E-state index contributed by atoms with van der Waals surface area (Å²) >= 11 is 0. The SMILES string of the molecule is CS(=O)(=O)c1ccc(OCCC(F)(F)F)c(N)c1. The number of hydrogen-bond donors (Lipinski definition) is 1. The maximum absolute atomic E-state index is 11.9. The molecule has 0 saturated carbocycles. The van der Waals surface area contributed by atoms with Gasteiger partial charge in [0.1, 0.15) is 5.75 Å². The number of hydrogen-bond acceptors (Lipinski definition) is 4. The van der Waals surface area contributed by atoms with Crippen molar-refractivity contribution in [2.45, 2.75) is 17.5 Å². The quantitative estimate of drug-likeness (QED) is 0.858. The third-order valence-corrected chi connectivity index (χ3v) is 3.16. The number of halogens is 3. The Morgan fingerprint density at radius 3 is 2.39 bits per heavy atom. The Labute approximate surface area is 102 Å². The highest BCUT2D eigenvalue weighted by Gasteiger charge is 2.27. The summed E-state index contributed by atoms with van der Waals surface area (Å²) in [6.07, 6.45) is -4.40. The molecule has 0 aromatic heterocycles. The topological polar surface area (TPSA) is 69.4 Å². The van der Waals surface area contributed by atoms with Gasteiger partial charge < -0.3 is 10.5 Å². The molecule has 2 N–H and O–H groups in total. The fourth-order valence-electron chi connectivity index (χ4n) is 1.17. The highest BCUT2D eigenvalue weighted by Crippen LogP contribution is 2.26. The van der Waals surface area contributed by atoms with Crippen LogP contribution in [0.2, 0.25) is 0 Å². The maximum atomic E-state index is 11.9. The van der Waals surface area contributed by atoms with Gasteiger partial charge in [0, 0.05) is 6.26 Å². The van der Waals surface area contributed by atoms with Crippen LogP contribution in [-0.4, -0.2) is 27.5 Å². The first-order valence-corrected chi connectivity index (χ1v) is 6.78. The van der Waals surface area contributed by atoms with E-state index in [1.807, 2.05) is 0 Å². The summed E-state index contributed by atoms with van der Waals surface area (Å²) in [5.41, 5.74) is 5.48. The van der Waals surface area contributed by atoms with Crippen molar-refractivity contribution in [3.63, 3.8) is 0 Å². The molecule has 0 aliphatic carbocycles. The molecule has 102 valence electrons. The van der Waals surface area contributed by atoms with E-state index in [2.05, 4.69) is 0 Å². The lowest BCUT2D eigenvalue weighted by Crippen LogP contribution is -2.13. The molecule has 0 bridgehead atoms. The summed E-state index contributed by atoms with van der Waals surface area (Å²) in [6, 6.07) is 3.62. The first kappa shape index (κ1) is 14.6. The average molecular weight is 283 g/mol. The number of alkyl halides is 3. The smallest absolute Gasteiger partial charge is 0.392 e. The highest BCUT2D eigenvalue weighted by molar-refractivity contribution is 7.90. The zero-order chi connectivity index (χ0) is 14.0. The first-order chi connectivity index (χ1) is 8.09. The van der Waals surface area contributed by atoms with E-state index in [1.54, 1.807) is 0 Å². The van der Waals surface area contributed by atoms with Crippen LogP contribution >= 0.6 is 0 Å². The van der Waals surface area contributed by atoms with Gasteiger partial charge in [-0.2, -0.15) is 13.2 Å². The molecule has 0 aliphatic heterocycles. The van der Waals surface area contributed by atoms with Crippen molar-refractivity contribution >= 4 is 15.5 Å². The average Bonchev–Trinajstić information content (AvgIpc) is 2.17. The van der Waals surface area contributed by atoms with Crippen molar-refractivity contribution < 1.29 is 26.3 Å². The lowest BCUT2D eigenvalue weighted by atomic mass is 10.3. The summed E-state index contributed by atoms with van der Waals surface area (Å²) in [5.74, 6) is 0.0339. The molecule has 18 heavy (non-hydrogen) atoms. The monoisotopic (exact) mass is 283 g/mol. The number of nitrogen functional groups attached to an aromatic ring is 1. The second kappa shape index (κ2) is 5.05. The van der Waals surface area contributed by atoms with E-state index in [0.29, 0.717) is 0 Å². The third-order valence-electron chi connectivity index (χ3n) is 2.05. The Kier molecular flexibility index (Phi) is 4.10. The largest absolute Gasteiger partial charge is 0.491 e. The zero-order valence-corrected chi connectivity index (χ0v) is 10.3. The van der Waals surface area contributed by atoms with Crippen molar-refractivity contribution in [2.24, 2.45) is 0 Å². The van der Waals surface area contributed by atoms with Gasteiger partial charge in [0.2, 0.25) is 0 Å². The van der Waals surface area contributed by atoms with Crippen molar-refractivity contribution in [3.05, 3.63) is 18.2 Å². The van der Waals surface area contributed by atoms with Crippen LogP contribution < -0.4 is 10.5 Å². The molecule has 0 amide bonds. The van der Waals surface area contributed by atoms with E-state index in [4.69, 9.17) is 10.5 Å². The van der Waals surface area contributed by atoms with E-state index in [0.717, 1.165) is 12.3 Å². The second-order valence-corrected chi connectivity index (χ2v) is 5.70. The molecule has 1 aromatic carbocycles. The van der Waals surface area contributed by atoms with Gasteiger partial charge in [0.15, 0.2) is 9.84 Å². The Bertz CT molecular complexity index is 526. The lowest BCUT2D eigenvalue weighted by Gasteiger charge is -2.11. The summed E-state index contributed by atoms with van der Waals surface area (Å²) in [6.45, 7) is -0.564. The molecular formula is C10H12F3NO3S. The van der Waals surface area contributed by atoms with Crippen LogP contribution in [0.3, 0.4) is 0 Å². The van der Waals surface area contributed by atoms with Crippen molar-refractivity contribution in [2.75, 3.05) is 18.6 Å². The number of sulfone groups is 1. The van der Waals surface area contributed by atoms with Gasteiger partial charge in [-0.1, -0.05) is 0 Å². The predicted octanol–water partition coefficient (Wildman–Crippen LogP) is 2.00. The fourth-order valence-corrected chi connectivity index (χ4v) is 1.82. The second-order valence-electron chi connectivity index (χ2n) is 3.69. The third kappa shape index (κ3) is 4.44. The molecule has 0 radical (unpaired) electrons. The minimum atomic E-state index is -4.30. The van der Waals surface area contributed by atoms with Gasteiger partial charge in [0.25, 0.3) is 0 Å². The van der Waals surface area contributed by atoms with Crippen LogP contribution in [0.4, 0.5) is 18.9 Å². The molecular weight excluding hydrogens is 271 g/mol. The van der Waals surface area contributed by atoms with Gasteiger partial charge in [-0.25, -0.2) is 8.42 Å². The van der Waals surface area contributed by atoms with Crippen LogP contribution in [0.1, 0.15) is 6.42 Å². The maximum Gasteiger partial charge on any atom is 0.392 e. The molecule has 1 rings (SSSR count). The summed E-state index contributed by atoms with van der Waals surface area (Å²) in [5, 5.41) is 0. The number of nitrogens with two attached hydrogens (primary N) is 1. The van der Waals surface area contributed by atoms with E-state index in [1.165, 1.54) is 12.1 Å². The Morgan fingerprint density at radius 1 is 1.33 bits per heavy atom. The molecule has 4 nitrogen and oxygen atoms in total. The predicted molar refractivity (Wildman–Crippen MR) is 60.1 cm³/mol. The lowest BCUT2D eigenvalue weighted by molar-refractivity contribution is -0.139. The van der Waals surface area contributed by atoms with E-state index < -0.39 is 29.0 Å². The van der Waals surface area contributed by atoms with Crippen LogP contribution in [0.25, 0.3) is 0 Å². The van der Waals surface area contributed by atoms with Gasteiger partial charge in [-0.05, 0) is 18.2 Å². The number of benzene rings is 1. The van der Waals surface area contributed by atoms with Crippen LogP contribution in [0.15, 0.2) is 23.1 Å². The van der Waals surface area contributed by atoms with E-state index in [-0.39, 0.29) is 16.3 Å². The van der Waals surface area contributed by atoms with Gasteiger partial charge >= 0.3 is 6.18 Å². The minimum absolute atomic E-state index is 0.0110. The molecule has 0 spiro atoms. The summed E-state index contributed by atoms with van der Waals surface area (Å²) < 4.78 is 62.9. The molecule has 8 heteroatoms. The van der Waals surface area contributed by atoms with E-state index >= 15 is 0 Å². The van der Waals surface area contributed by atoms with Crippen LogP contribution in [0.5, 0.6) is 5.75 Å². The van der Waals surface area contributed by atoms with Crippen LogP contribution in [-0.2, 0) is 9.84 Å². The zero-order valence-electron chi connectivity index (χ0n) is 9.49. The van der Waals surface area contributed by atoms with Crippen molar-refractivity contribution in [1.82, 2.24) is 0 Å². The molecule has 0 fully saturated rings. The molecule has 0 atom stereocenters. The van der Waals surface area contributed by atoms with Gasteiger partial charge in [-0.3, -0.25) is 0 Å². The molecule has 1 aromatic rings. The van der Waals surface area contributed by atoms with Crippen molar-refractivity contribution in [1.29, 1.82) is 0 Å². The molecule has 0 heterocycles. The number of ether oxygens (including phenoxy) is 1. The van der Waals surface area contributed by atoms with Gasteiger partial charge in [-0.15, -0.1) is 0 Å². The summed E-state index contributed by atoms with van der Waals surface area (Å²) in [7, 11) is -3.40. The molecule has 0 saturated heterocycles. The van der Waals surface area contributed by atoms with Crippen molar-refractivity contribution in [3.8, 4) is 5.75 Å². The summed E-state index contributed by atoms with van der Waals surface area (Å²) in [4.78, 5) is -0.0110. The van der Waals surface area contributed by atoms with Crippen LogP contribution in [0, 0.1) is 0 Å². The highest BCUT2D eigenvalue weighted by atomic mass is 32.2. The van der Waals surface area contributed by atoms with Gasteiger partial charge in [0.05, 0.1) is 23.6 Å². The molecule has 0 unspecified atom stereocenters. The molecule has 0 aliphatic rings. The Morgan fingerprint density at radius 2 is 1.94 bits per heavy atom. The Balaban J connectivity index is 2.75. The number of anilines is 1.